The molecule has 0 spiro atoms. The van der Waals surface area contributed by atoms with E-state index < -0.39 is 23.8 Å². The SMILES string of the molecule is CN(C(=O)c1cc(I)ccc1O)C1COCC1C(=O)O. The van der Waals surface area contributed by atoms with Gasteiger partial charge in [-0.15, -0.1) is 0 Å². The van der Waals surface area contributed by atoms with Crippen molar-refractivity contribution in [1.29, 1.82) is 0 Å². The fraction of sp³-hybridized carbons (Fsp3) is 0.385. The number of ether oxygens (including phenoxy) is 1. The van der Waals surface area contributed by atoms with E-state index in [1.807, 2.05) is 22.6 Å². The van der Waals surface area contributed by atoms with Gasteiger partial charge in [0.05, 0.1) is 24.8 Å². The van der Waals surface area contributed by atoms with Gasteiger partial charge in [0.1, 0.15) is 11.7 Å². The molecule has 2 atom stereocenters. The number of halogens is 1. The van der Waals surface area contributed by atoms with Crippen LogP contribution in [0.1, 0.15) is 10.4 Å². The highest BCUT2D eigenvalue weighted by Crippen LogP contribution is 2.25. The lowest BCUT2D eigenvalue weighted by Crippen LogP contribution is -2.44. The molecule has 1 aromatic rings. The zero-order valence-electron chi connectivity index (χ0n) is 10.7. The first-order valence-corrected chi connectivity index (χ1v) is 7.06. The lowest BCUT2D eigenvalue weighted by molar-refractivity contribution is -0.142. The van der Waals surface area contributed by atoms with E-state index in [-0.39, 0.29) is 24.5 Å². The number of aromatic hydroxyl groups is 1. The molecule has 6 nitrogen and oxygen atoms in total. The van der Waals surface area contributed by atoms with Crippen LogP contribution in [-0.2, 0) is 9.53 Å². The van der Waals surface area contributed by atoms with Gasteiger partial charge < -0.3 is 19.8 Å². The number of phenolic OH excluding ortho intramolecular Hbond substituents is 1. The van der Waals surface area contributed by atoms with Gasteiger partial charge in [-0.3, -0.25) is 9.59 Å². The van der Waals surface area contributed by atoms with Gasteiger partial charge in [-0.2, -0.15) is 0 Å². The lowest BCUT2D eigenvalue weighted by Gasteiger charge is -2.26. The predicted molar refractivity (Wildman–Crippen MR) is 78.7 cm³/mol. The average Bonchev–Trinajstić information content (AvgIpc) is 2.89. The van der Waals surface area contributed by atoms with Crippen LogP contribution in [0.15, 0.2) is 18.2 Å². The van der Waals surface area contributed by atoms with Crippen molar-refractivity contribution in [3.8, 4) is 5.75 Å². The van der Waals surface area contributed by atoms with E-state index in [1.165, 1.54) is 18.0 Å². The Bertz CT molecular complexity index is 548. The van der Waals surface area contributed by atoms with E-state index in [9.17, 15) is 14.7 Å². The number of benzene rings is 1. The smallest absolute Gasteiger partial charge is 0.311 e. The highest BCUT2D eigenvalue weighted by molar-refractivity contribution is 14.1. The van der Waals surface area contributed by atoms with Crippen molar-refractivity contribution < 1.29 is 24.5 Å². The molecular formula is C13H14INO5. The van der Waals surface area contributed by atoms with E-state index >= 15 is 0 Å². The molecule has 1 heterocycles. The number of amides is 1. The second kappa shape index (κ2) is 5.96. The molecule has 2 unspecified atom stereocenters. The summed E-state index contributed by atoms with van der Waals surface area (Å²) < 4.78 is 5.97. The van der Waals surface area contributed by atoms with Crippen LogP contribution in [0.5, 0.6) is 5.75 Å². The summed E-state index contributed by atoms with van der Waals surface area (Å²) in [5.74, 6) is -2.26. The van der Waals surface area contributed by atoms with Crippen molar-refractivity contribution in [2.75, 3.05) is 20.3 Å². The summed E-state index contributed by atoms with van der Waals surface area (Å²) in [5, 5.41) is 18.9. The Balaban J connectivity index is 2.24. The number of phenols is 1. The van der Waals surface area contributed by atoms with Gasteiger partial charge in [-0.1, -0.05) is 0 Å². The molecule has 7 heteroatoms. The molecule has 1 aliphatic rings. The Kier molecular flexibility index (Phi) is 4.48. The zero-order chi connectivity index (χ0) is 14.9. The van der Waals surface area contributed by atoms with Crippen molar-refractivity contribution in [3.05, 3.63) is 27.3 Å². The number of likely N-dealkylation sites (N-methyl/N-ethyl adjacent to an activating group) is 1. The molecule has 1 amide bonds. The summed E-state index contributed by atoms with van der Waals surface area (Å²) in [7, 11) is 1.52. The molecule has 0 saturated carbocycles. The predicted octanol–water partition coefficient (Wildman–Crippen LogP) is 1.17. The fourth-order valence-electron chi connectivity index (χ4n) is 2.18. The molecule has 1 fully saturated rings. The molecule has 1 aliphatic heterocycles. The summed E-state index contributed by atoms with van der Waals surface area (Å²) >= 11 is 2.04. The third kappa shape index (κ3) is 2.88. The monoisotopic (exact) mass is 391 g/mol. The van der Waals surface area contributed by atoms with E-state index in [0.29, 0.717) is 0 Å². The van der Waals surface area contributed by atoms with Crippen LogP contribution in [0.2, 0.25) is 0 Å². The Morgan fingerprint density at radius 2 is 2.10 bits per heavy atom. The highest BCUT2D eigenvalue weighted by Gasteiger charge is 2.39. The normalized spacial score (nSPS) is 21.7. The molecule has 108 valence electrons. The van der Waals surface area contributed by atoms with Crippen LogP contribution in [0.3, 0.4) is 0 Å². The summed E-state index contributed by atoms with van der Waals surface area (Å²) in [4.78, 5) is 24.8. The molecule has 20 heavy (non-hydrogen) atoms. The van der Waals surface area contributed by atoms with Gasteiger partial charge >= 0.3 is 5.97 Å². The molecule has 0 aromatic heterocycles. The average molecular weight is 391 g/mol. The number of carbonyl (C=O) groups excluding carboxylic acids is 1. The number of hydrogen-bond acceptors (Lipinski definition) is 4. The first-order chi connectivity index (χ1) is 9.41. The Labute approximate surface area is 129 Å². The van der Waals surface area contributed by atoms with Crippen molar-refractivity contribution in [3.63, 3.8) is 0 Å². The molecule has 1 saturated heterocycles. The van der Waals surface area contributed by atoms with Gasteiger partial charge in [-0.05, 0) is 40.8 Å². The summed E-state index contributed by atoms with van der Waals surface area (Å²) in [5.41, 5.74) is 0.162. The third-order valence-corrected chi connectivity index (χ3v) is 4.05. The molecule has 0 bridgehead atoms. The van der Waals surface area contributed by atoms with Crippen molar-refractivity contribution in [2.24, 2.45) is 5.92 Å². The highest BCUT2D eigenvalue weighted by atomic mass is 127. The van der Waals surface area contributed by atoms with Crippen LogP contribution >= 0.6 is 22.6 Å². The van der Waals surface area contributed by atoms with Crippen LogP contribution in [0, 0.1) is 9.49 Å². The minimum absolute atomic E-state index is 0.0932. The van der Waals surface area contributed by atoms with Crippen LogP contribution in [0.25, 0.3) is 0 Å². The maximum Gasteiger partial charge on any atom is 0.311 e. The largest absolute Gasteiger partial charge is 0.507 e. The molecule has 2 rings (SSSR count). The van der Waals surface area contributed by atoms with Gasteiger partial charge in [0.25, 0.3) is 5.91 Å². The van der Waals surface area contributed by atoms with E-state index in [2.05, 4.69) is 0 Å². The number of hydrogen-bond donors (Lipinski definition) is 2. The van der Waals surface area contributed by atoms with Gasteiger partial charge in [-0.25, -0.2) is 0 Å². The van der Waals surface area contributed by atoms with Crippen molar-refractivity contribution in [2.45, 2.75) is 6.04 Å². The van der Waals surface area contributed by atoms with E-state index in [0.717, 1.165) is 3.57 Å². The topological polar surface area (TPSA) is 87.1 Å². The van der Waals surface area contributed by atoms with Gasteiger partial charge in [0.2, 0.25) is 0 Å². The summed E-state index contributed by atoms with van der Waals surface area (Å²) in [6, 6.07) is 4.17. The molecule has 1 aromatic carbocycles. The minimum atomic E-state index is -0.987. The van der Waals surface area contributed by atoms with Crippen molar-refractivity contribution >= 4 is 34.5 Å². The lowest BCUT2D eigenvalue weighted by atomic mass is 10.0. The summed E-state index contributed by atoms with van der Waals surface area (Å²) in [6.07, 6.45) is 0. The number of carboxylic acid groups (broad SMARTS) is 1. The fourth-order valence-corrected chi connectivity index (χ4v) is 2.67. The van der Waals surface area contributed by atoms with Crippen LogP contribution < -0.4 is 0 Å². The second-order valence-corrected chi connectivity index (χ2v) is 5.87. The number of carboxylic acids is 1. The molecule has 2 N–H and O–H groups in total. The van der Waals surface area contributed by atoms with E-state index in [1.54, 1.807) is 12.1 Å². The van der Waals surface area contributed by atoms with Crippen LogP contribution in [0.4, 0.5) is 0 Å². The van der Waals surface area contributed by atoms with Gasteiger partial charge in [0, 0.05) is 10.6 Å². The molecular weight excluding hydrogens is 377 g/mol. The summed E-state index contributed by atoms with van der Waals surface area (Å²) in [6.45, 7) is 0.278. The third-order valence-electron chi connectivity index (χ3n) is 3.37. The van der Waals surface area contributed by atoms with Crippen LogP contribution in [-0.4, -0.2) is 53.3 Å². The zero-order valence-corrected chi connectivity index (χ0v) is 12.9. The van der Waals surface area contributed by atoms with Gasteiger partial charge in [0.15, 0.2) is 0 Å². The van der Waals surface area contributed by atoms with Crippen molar-refractivity contribution in [1.82, 2.24) is 4.90 Å². The number of rotatable bonds is 3. The Hall–Kier alpha value is -1.35. The minimum Gasteiger partial charge on any atom is -0.507 e. The maximum absolute atomic E-state index is 12.4. The number of nitrogens with zero attached hydrogens (tertiary/aromatic N) is 1. The maximum atomic E-state index is 12.4. The Morgan fingerprint density at radius 3 is 2.75 bits per heavy atom. The van der Waals surface area contributed by atoms with E-state index in [4.69, 9.17) is 9.84 Å². The molecule has 0 aliphatic carbocycles. The first kappa shape index (κ1) is 15.0. The second-order valence-electron chi connectivity index (χ2n) is 4.63. The first-order valence-electron chi connectivity index (χ1n) is 5.98. The Morgan fingerprint density at radius 1 is 1.40 bits per heavy atom. The number of aliphatic carboxylic acids is 1. The standard InChI is InChI=1S/C13H14INO5/c1-15(10-6-20-5-9(10)13(18)19)12(17)8-4-7(14)2-3-11(8)16/h2-4,9-10,16H,5-6H2,1H3,(H,18,19). The quantitative estimate of drug-likeness (QED) is 0.756. The molecule has 0 radical (unpaired) electrons. The number of carbonyl (C=O) groups is 2.